The lowest BCUT2D eigenvalue weighted by Crippen LogP contribution is -2.39. The van der Waals surface area contributed by atoms with E-state index in [1.54, 1.807) is 19.2 Å². The minimum atomic E-state index is -0.693. The summed E-state index contributed by atoms with van der Waals surface area (Å²) < 4.78 is 5.97. The summed E-state index contributed by atoms with van der Waals surface area (Å²) in [7, 11) is 1.57. The van der Waals surface area contributed by atoms with Gasteiger partial charge in [-0.2, -0.15) is 0 Å². The van der Waals surface area contributed by atoms with Gasteiger partial charge >= 0.3 is 0 Å². The van der Waals surface area contributed by atoms with Crippen molar-refractivity contribution < 1.29 is 19.7 Å². The largest absolute Gasteiger partial charge is 0.497 e. The third-order valence-corrected chi connectivity index (χ3v) is 4.08. The maximum absolute atomic E-state index is 12.1. The number of fused-ring (bicyclic) bond motifs is 1. The second-order valence-electron chi connectivity index (χ2n) is 4.24. The number of amides is 1. The Kier molecular flexibility index (Phi) is 4.43. The van der Waals surface area contributed by atoms with Crippen molar-refractivity contribution in [1.82, 2.24) is 5.32 Å². The second kappa shape index (κ2) is 6.08. The van der Waals surface area contributed by atoms with Crippen LogP contribution in [0.25, 0.3) is 10.1 Å². The number of carbonyl (C=O) groups is 1. The maximum Gasteiger partial charge on any atom is 0.263 e. The highest BCUT2D eigenvalue weighted by Crippen LogP contribution is 2.35. The highest BCUT2D eigenvalue weighted by molar-refractivity contribution is 7.21. The summed E-state index contributed by atoms with van der Waals surface area (Å²) in [4.78, 5) is 12.4. The highest BCUT2D eigenvalue weighted by Gasteiger charge is 2.19. The number of anilines is 1. The van der Waals surface area contributed by atoms with E-state index >= 15 is 0 Å². The molecule has 1 heterocycles. The van der Waals surface area contributed by atoms with E-state index in [2.05, 4.69) is 5.32 Å². The maximum atomic E-state index is 12.1. The molecule has 0 unspecified atom stereocenters. The lowest BCUT2D eigenvalue weighted by molar-refractivity contribution is 0.0884. The fraction of sp³-hybridized carbons (Fsp3) is 0.308. The monoisotopic (exact) mass is 296 g/mol. The van der Waals surface area contributed by atoms with Crippen LogP contribution in [0.2, 0.25) is 0 Å². The summed E-state index contributed by atoms with van der Waals surface area (Å²) in [5.74, 6) is 0.282. The average molecular weight is 296 g/mol. The van der Waals surface area contributed by atoms with E-state index in [0.717, 1.165) is 10.1 Å². The molecule has 7 heteroatoms. The van der Waals surface area contributed by atoms with E-state index in [4.69, 9.17) is 20.7 Å². The molecule has 0 saturated carbocycles. The molecule has 0 radical (unpaired) electrons. The van der Waals surface area contributed by atoms with Crippen LogP contribution in [0, 0.1) is 0 Å². The van der Waals surface area contributed by atoms with Gasteiger partial charge in [-0.25, -0.2) is 0 Å². The van der Waals surface area contributed by atoms with Gasteiger partial charge in [-0.1, -0.05) is 0 Å². The smallest absolute Gasteiger partial charge is 0.263 e. The number of benzene rings is 1. The van der Waals surface area contributed by atoms with E-state index in [9.17, 15) is 4.79 Å². The second-order valence-corrected chi connectivity index (χ2v) is 5.29. The SMILES string of the molecule is COc1ccc2c(N)c(C(=O)NC(CO)CO)sc2c1. The predicted octanol–water partition coefficient (Wildman–Crippen LogP) is 0.575. The van der Waals surface area contributed by atoms with Crippen molar-refractivity contribution in [2.75, 3.05) is 26.1 Å². The Balaban J connectivity index is 2.34. The van der Waals surface area contributed by atoms with Gasteiger partial charge in [-0.15, -0.1) is 11.3 Å². The lowest BCUT2D eigenvalue weighted by atomic mass is 10.2. The summed E-state index contributed by atoms with van der Waals surface area (Å²) >= 11 is 1.24. The van der Waals surface area contributed by atoms with Gasteiger partial charge in [-0.05, 0) is 18.2 Å². The van der Waals surface area contributed by atoms with Crippen molar-refractivity contribution in [3.05, 3.63) is 23.1 Å². The molecule has 1 amide bonds. The Morgan fingerprint density at radius 1 is 1.45 bits per heavy atom. The van der Waals surface area contributed by atoms with Gasteiger partial charge in [0.05, 0.1) is 32.1 Å². The molecule has 0 spiro atoms. The van der Waals surface area contributed by atoms with Gasteiger partial charge < -0.3 is 26.0 Å². The van der Waals surface area contributed by atoms with Crippen LogP contribution in [0.4, 0.5) is 5.69 Å². The van der Waals surface area contributed by atoms with Gasteiger partial charge in [0.25, 0.3) is 5.91 Å². The Hall–Kier alpha value is -1.83. The van der Waals surface area contributed by atoms with Crippen molar-refractivity contribution in [2.45, 2.75) is 6.04 Å². The number of hydrogen-bond acceptors (Lipinski definition) is 6. The van der Waals surface area contributed by atoms with Crippen molar-refractivity contribution in [3.8, 4) is 5.75 Å². The van der Waals surface area contributed by atoms with Crippen molar-refractivity contribution >= 4 is 33.0 Å². The standard InChI is InChI=1S/C13H16N2O4S/c1-19-8-2-3-9-10(4-8)20-12(11(9)14)13(18)15-7(5-16)6-17/h2-4,7,16-17H,5-6,14H2,1H3,(H,15,18). The van der Waals surface area contributed by atoms with E-state index < -0.39 is 11.9 Å². The molecule has 0 bridgehead atoms. The van der Waals surface area contributed by atoms with E-state index in [1.165, 1.54) is 11.3 Å². The number of nitrogens with one attached hydrogen (secondary N) is 1. The van der Waals surface area contributed by atoms with E-state index in [1.807, 2.05) is 6.07 Å². The third-order valence-electron chi connectivity index (χ3n) is 2.92. The number of carbonyl (C=O) groups excluding carboxylic acids is 1. The Morgan fingerprint density at radius 3 is 2.75 bits per heavy atom. The van der Waals surface area contributed by atoms with Crippen LogP contribution in [0.15, 0.2) is 18.2 Å². The Bertz CT molecular complexity index is 622. The molecule has 2 rings (SSSR count). The Morgan fingerprint density at radius 2 is 2.15 bits per heavy atom. The number of aliphatic hydroxyl groups is 2. The van der Waals surface area contributed by atoms with Crippen molar-refractivity contribution in [3.63, 3.8) is 0 Å². The summed E-state index contributed by atoms with van der Waals surface area (Å²) in [6.07, 6.45) is 0. The first-order valence-corrected chi connectivity index (χ1v) is 6.81. The molecule has 0 atom stereocenters. The molecular formula is C13H16N2O4S. The van der Waals surface area contributed by atoms with E-state index in [-0.39, 0.29) is 13.2 Å². The topological polar surface area (TPSA) is 105 Å². The first-order valence-electron chi connectivity index (χ1n) is 5.99. The number of rotatable bonds is 5. The highest BCUT2D eigenvalue weighted by atomic mass is 32.1. The molecule has 2 aromatic rings. The van der Waals surface area contributed by atoms with Crippen LogP contribution < -0.4 is 15.8 Å². The number of nitrogen functional groups attached to an aromatic ring is 1. The third kappa shape index (κ3) is 2.69. The van der Waals surface area contributed by atoms with Crippen LogP contribution >= 0.6 is 11.3 Å². The fourth-order valence-electron chi connectivity index (χ4n) is 1.79. The molecular weight excluding hydrogens is 280 g/mol. The normalized spacial score (nSPS) is 11.0. The molecule has 0 aliphatic rings. The van der Waals surface area contributed by atoms with Crippen LogP contribution in [0.1, 0.15) is 9.67 Å². The zero-order valence-corrected chi connectivity index (χ0v) is 11.7. The zero-order valence-electron chi connectivity index (χ0n) is 10.9. The van der Waals surface area contributed by atoms with Crippen LogP contribution in [-0.2, 0) is 0 Å². The van der Waals surface area contributed by atoms with Gasteiger partial charge in [-0.3, -0.25) is 4.79 Å². The molecule has 0 fully saturated rings. The number of aliphatic hydroxyl groups excluding tert-OH is 2. The predicted molar refractivity (Wildman–Crippen MR) is 78.2 cm³/mol. The molecule has 6 nitrogen and oxygen atoms in total. The molecule has 0 aliphatic heterocycles. The number of thiophene rings is 1. The minimum absolute atomic E-state index is 0.332. The van der Waals surface area contributed by atoms with Gasteiger partial charge in [0.15, 0.2) is 0 Å². The summed E-state index contributed by atoms with van der Waals surface area (Å²) in [6, 6.07) is 4.69. The number of methoxy groups -OCH3 is 1. The van der Waals surface area contributed by atoms with Gasteiger partial charge in [0.2, 0.25) is 0 Å². The number of nitrogens with two attached hydrogens (primary N) is 1. The summed E-state index contributed by atoms with van der Waals surface area (Å²) in [5.41, 5.74) is 6.36. The van der Waals surface area contributed by atoms with Crippen molar-refractivity contribution in [1.29, 1.82) is 0 Å². The summed E-state index contributed by atoms with van der Waals surface area (Å²) in [5, 5.41) is 21.3. The van der Waals surface area contributed by atoms with Gasteiger partial charge in [0, 0.05) is 10.1 Å². The molecule has 20 heavy (non-hydrogen) atoms. The molecule has 1 aromatic heterocycles. The molecule has 1 aromatic carbocycles. The minimum Gasteiger partial charge on any atom is -0.497 e. The van der Waals surface area contributed by atoms with Gasteiger partial charge in [0.1, 0.15) is 10.6 Å². The Labute approximate surface area is 119 Å². The van der Waals surface area contributed by atoms with Crippen LogP contribution in [0.3, 0.4) is 0 Å². The summed E-state index contributed by atoms with van der Waals surface area (Å²) in [6.45, 7) is -0.665. The quantitative estimate of drug-likeness (QED) is 0.646. The van der Waals surface area contributed by atoms with Crippen LogP contribution in [0.5, 0.6) is 5.75 Å². The first kappa shape index (κ1) is 14.6. The van der Waals surface area contributed by atoms with Crippen LogP contribution in [-0.4, -0.2) is 42.5 Å². The molecule has 108 valence electrons. The van der Waals surface area contributed by atoms with Crippen molar-refractivity contribution in [2.24, 2.45) is 0 Å². The average Bonchev–Trinajstić information content (AvgIpc) is 2.81. The zero-order chi connectivity index (χ0) is 14.7. The number of hydrogen-bond donors (Lipinski definition) is 4. The lowest BCUT2D eigenvalue weighted by Gasteiger charge is -2.12. The fourth-order valence-corrected chi connectivity index (χ4v) is 2.85. The molecule has 0 saturated heterocycles. The molecule has 5 N–H and O–H groups in total. The number of ether oxygens (including phenoxy) is 1. The first-order chi connectivity index (χ1) is 9.60. The van der Waals surface area contributed by atoms with E-state index in [0.29, 0.717) is 16.3 Å². The molecule has 0 aliphatic carbocycles.